The van der Waals surface area contributed by atoms with Crippen LogP contribution in [-0.2, 0) is 24.8 Å². The molecule has 1 fully saturated rings. The van der Waals surface area contributed by atoms with Crippen molar-refractivity contribution in [3.05, 3.63) is 45.1 Å². The maximum atomic E-state index is 12.9. The molecule has 2 aliphatic heterocycles. The van der Waals surface area contributed by atoms with Crippen LogP contribution in [-0.4, -0.2) is 50.5 Å². The van der Waals surface area contributed by atoms with Crippen LogP contribution in [0.2, 0.25) is 0 Å². The Morgan fingerprint density at radius 2 is 2.16 bits per heavy atom. The summed E-state index contributed by atoms with van der Waals surface area (Å²) in [5, 5.41) is 10.8. The quantitative estimate of drug-likeness (QED) is 0.862. The first-order valence-electron chi connectivity index (χ1n) is 8.59. The maximum Gasteiger partial charge on any atom is 0.277 e. The van der Waals surface area contributed by atoms with Crippen LogP contribution < -0.4 is 5.56 Å². The molecule has 8 heteroatoms. The van der Waals surface area contributed by atoms with Gasteiger partial charge >= 0.3 is 0 Å². The minimum absolute atomic E-state index is 0.199. The molecule has 132 valence electrons. The number of aromatic amines is 1. The van der Waals surface area contributed by atoms with E-state index in [1.54, 1.807) is 9.58 Å². The van der Waals surface area contributed by atoms with Crippen LogP contribution >= 0.6 is 0 Å². The van der Waals surface area contributed by atoms with E-state index in [1.807, 2.05) is 19.4 Å². The number of hydrogen-bond acceptors (Lipinski definition) is 5. The summed E-state index contributed by atoms with van der Waals surface area (Å²) in [5.74, 6) is 0.195. The summed E-state index contributed by atoms with van der Waals surface area (Å²) >= 11 is 0. The molecule has 2 aromatic heterocycles. The highest BCUT2D eigenvalue weighted by Gasteiger charge is 2.30. The number of rotatable bonds is 2. The number of carbonyl (C=O) groups is 1. The second-order valence-corrected chi connectivity index (χ2v) is 6.67. The van der Waals surface area contributed by atoms with Gasteiger partial charge in [0.25, 0.3) is 11.5 Å². The van der Waals surface area contributed by atoms with Crippen molar-refractivity contribution < 1.29 is 9.53 Å². The topological polar surface area (TPSA) is 93.1 Å². The third-order valence-electron chi connectivity index (χ3n) is 5.09. The van der Waals surface area contributed by atoms with Gasteiger partial charge in [-0.15, -0.1) is 0 Å². The van der Waals surface area contributed by atoms with Crippen molar-refractivity contribution in [1.29, 1.82) is 0 Å². The first-order chi connectivity index (χ1) is 12.1. The third kappa shape index (κ3) is 2.97. The maximum absolute atomic E-state index is 12.9. The van der Waals surface area contributed by atoms with Crippen molar-refractivity contribution >= 4 is 5.91 Å². The average molecular weight is 343 g/mol. The van der Waals surface area contributed by atoms with Crippen LogP contribution in [0.15, 0.2) is 17.2 Å². The fourth-order valence-electron chi connectivity index (χ4n) is 3.68. The summed E-state index contributed by atoms with van der Waals surface area (Å²) in [7, 11) is 1.91. The van der Waals surface area contributed by atoms with Crippen LogP contribution in [0, 0.1) is 0 Å². The summed E-state index contributed by atoms with van der Waals surface area (Å²) in [4.78, 5) is 26.9. The molecule has 0 aromatic carbocycles. The Kier molecular flexibility index (Phi) is 4.12. The van der Waals surface area contributed by atoms with Crippen LogP contribution in [0.3, 0.4) is 0 Å². The average Bonchev–Trinajstić information content (AvgIpc) is 3.08. The van der Waals surface area contributed by atoms with E-state index in [1.165, 1.54) is 5.56 Å². The van der Waals surface area contributed by atoms with Gasteiger partial charge in [-0.05, 0) is 24.3 Å². The van der Waals surface area contributed by atoms with Crippen molar-refractivity contribution in [1.82, 2.24) is 24.9 Å². The lowest BCUT2D eigenvalue weighted by molar-refractivity contribution is 0.0694. The number of amides is 1. The van der Waals surface area contributed by atoms with Gasteiger partial charge in [0.15, 0.2) is 0 Å². The Balaban J connectivity index is 1.52. The Labute approximate surface area is 144 Å². The van der Waals surface area contributed by atoms with Crippen LogP contribution in [0.25, 0.3) is 0 Å². The normalized spacial score (nSPS) is 18.2. The standard InChI is InChI=1S/C17H21N5O3/c1-21-9-12(8-18-21)11-2-5-22(6-3-11)17(24)15-13-10-25-7-4-14(13)19-20-16(15)23/h8-9,11H,2-7,10H2,1H3,(H,20,23). The molecule has 0 aliphatic carbocycles. The number of hydrogen-bond donors (Lipinski definition) is 1. The molecule has 4 rings (SSSR count). The van der Waals surface area contributed by atoms with Gasteiger partial charge in [0.05, 0.1) is 25.1 Å². The van der Waals surface area contributed by atoms with E-state index in [9.17, 15) is 9.59 Å². The fourth-order valence-corrected chi connectivity index (χ4v) is 3.68. The molecule has 2 aromatic rings. The number of ether oxygens (including phenoxy) is 1. The Bertz CT molecular complexity index is 848. The molecule has 1 N–H and O–H groups in total. The molecule has 0 unspecified atom stereocenters. The zero-order chi connectivity index (χ0) is 17.4. The number of aromatic nitrogens is 4. The predicted molar refractivity (Wildman–Crippen MR) is 89.3 cm³/mol. The molecular weight excluding hydrogens is 322 g/mol. The van der Waals surface area contributed by atoms with E-state index in [2.05, 4.69) is 15.3 Å². The minimum atomic E-state index is -0.427. The predicted octanol–water partition coefficient (Wildman–Crippen LogP) is 0.596. The first kappa shape index (κ1) is 16.0. The van der Waals surface area contributed by atoms with Crippen molar-refractivity contribution in [2.24, 2.45) is 7.05 Å². The van der Waals surface area contributed by atoms with E-state index in [4.69, 9.17) is 4.74 Å². The van der Waals surface area contributed by atoms with Gasteiger partial charge < -0.3 is 9.64 Å². The lowest BCUT2D eigenvalue weighted by Gasteiger charge is -2.32. The monoisotopic (exact) mass is 343 g/mol. The molecule has 8 nitrogen and oxygen atoms in total. The molecule has 1 saturated heterocycles. The number of nitrogens with one attached hydrogen (secondary N) is 1. The zero-order valence-electron chi connectivity index (χ0n) is 14.2. The van der Waals surface area contributed by atoms with Crippen molar-refractivity contribution in [3.8, 4) is 0 Å². The van der Waals surface area contributed by atoms with Crippen molar-refractivity contribution in [2.75, 3.05) is 19.7 Å². The van der Waals surface area contributed by atoms with E-state index >= 15 is 0 Å². The summed E-state index contributed by atoms with van der Waals surface area (Å²) < 4.78 is 7.23. The molecule has 0 radical (unpaired) electrons. The highest BCUT2D eigenvalue weighted by molar-refractivity contribution is 5.95. The second-order valence-electron chi connectivity index (χ2n) is 6.67. The SMILES string of the molecule is Cn1cc(C2CCN(C(=O)c3c4c(n[nH]c3=O)CCOC4)CC2)cn1. The number of H-pyrrole nitrogens is 1. The lowest BCUT2D eigenvalue weighted by atomic mass is 9.91. The first-order valence-corrected chi connectivity index (χ1v) is 8.59. The zero-order valence-corrected chi connectivity index (χ0v) is 14.2. The highest BCUT2D eigenvalue weighted by Crippen LogP contribution is 2.28. The Hall–Kier alpha value is -2.48. The molecule has 0 saturated carbocycles. The number of aryl methyl sites for hydroxylation is 1. The van der Waals surface area contributed by atoms with Gasteiger partial charge in [0, 0.05) is 38.3 Å². The molecule has 4 heterocycles. The number of nitrogens with zero attached hydrogens (tertiary/aromatic N) is 4. The van der Waals surface area contributed by atoms with Gasteiger partial charge in [-0.3, -0.25) is 14.3 Å². The van der Waals surface area contributed by atoms with Gasteiger partial charge in [0.1, 0.15) is 5.56 Å². The van der Waals surface area contributed by atoms with Gasteiger partial charge in [-0.25, -0.2) is 5.10 Å². The molecular formula is C17H21N5O3. The summed E-state index contributed by atoms with van der Waals surface area (Å²) in [6.07, 6.45) is 6.29. The number of carbonyl (C=O) groups excluding carboxylic acids is 1. The van der Waals surface area contributed by atoms with Gasteiger partial charge in [0.2, 0.25) is 0 Å². The van der Waals surface area contributed by atoms with Crippen molar-refractivity contribution in [2.45, 2.75) is 31.8 Å². The summed E-state index contributed by atoms with van der Waals surface area (Å²) in [5.41, 5.74) is 2.39. The largest absolute Gasteiger partial charge is 0.376 e. The fraction of sp³-hybridized carbons (Fsp3) is 0.529. The molecule has 0 spiro atoms. The van der Waals surface area contributed by atoms with Crippen LogP contribution in [0.1, 0.15) is 45.9 Å². The van der Waals surface area contributed by atoms with E-state index in [-0.39, 0.29) is 18.1 Å². The smallest absolute Gasteiger partial charge is 0.277 e. The van der Waals surface area contributed by atoms with Crippen LogP contribution in [0.4, 0.5) is 0 Å². The van der Waals surface area contributed by atoms with E-state index in [0.29, 0.717) is 37.6 Å². The van der Waals surface area contributed by atoms with E-state index < -0.39 is 5.56 Å². The summed E-state index contributed by atoms with van der Waals surface area (Å²) in [6.45, 7) is 2.11. The van der Waals surface area contributed by atoms with E-state index in [0.717, 1.165) is 18.5 Å². The number of likely N-dealkylation sites (tertiary alicyclic amines) is 1. The Morgan fingerprint density at radius 1 is 1.36 bits per heavy atom. The second kappa shape index (κ2) is 6.44. The molecule has 0 atom stereocenters. The minimum Gasteiger partial charge on any atom is -0.376 e. The van der Waals surface area contributed by atoms with Crippen LogP contribution in [0.5, 0.6) is 0 Å². The van der Waals surface area contributed by atoms with Gasteiger partial charge in [-0.2, -0.15) is 10.2 Å². The molecule has 25 heavy (non-hydrogen) atoms. The third-order valence-corrected chi connectivity index (χ3v) is 5.09. The number of fused-ring (bicyclic) bond motifs is 1. The van der Waals surface area contributed by atoms with Gasteiger partial charge in [-0.1, -0.05) is 0 Å². The lowest BCUT2D eigenvalue weighted by Crippen LogP contribution is -2.41. The Morgan fingerprint density at radius 3 is 2.88 bits per heavy atom. The van der Waals surface area contributed by atoms with Crippen molar-refractivity contribution in [3.63, 3.8) is 0 Å². The molecule has 0 bridgehead atoms. The highest BCUT2D eigenvalue weighted by atomic mass is 16.5. The molecule has 2 aliphatic rings. The molecule has 1 amide bonds. The summed E-state index contributed by atoms with van der Waals surface area (Å²) in [6, 6.07) is 0. The number of piperidine rings is 1.